The number of carbonyl (C=O) groups is 1. The van der Waals surface area contributed by atoms with E-state index >= 15 is 0 Å². The third kappa shape index (κ3) is 4.69. The number of hydrogen-bond acceptors (Lipinski definition) is 8. The first-order chi connectivity index (χ1) is 20.5. The van der Waals surface area contributed by atoms with Crippen molar-refractivity contribution in [1.29, 1.82) is 5.26 Å². The number of aromatic nitrogens is 2. The predicted molar refractivity (Wildman–Crippen MR) is 161 cm³/mol. The zero-order chi connectivity index (χ0) is 28.8. The van der Waals surface area contributed by atoms with Crippen LogP contribution in [0.15, 0.2) is 49.1 Å². The van der Waals surface area contributed by atoms with Crippen LogP contribution in [0.1, 0.15) is 47.7 Å². The van der Waals surface area contributed by atoms with Gasteiger partial charge in [0, 0.05) is 50.4 Å². The summed E-state index contributed by atoms with van der Waals surface area (Å²) in [7, 11) is 2.15. The molecule has 9 nitrogen and oxygen atoms in total. The molecule has 2 unspecified atom stereocenters. The quantitative estimate of drug-likeness (QED) is 0.401. The molecule has 3 aliphatic heterocycles. The molecule has 3 atom stereocenters. The van der Waals surface area contributed by atoms with Crippen LogP contribution in [0.25, 0.3) is 10.8 Å². The highest BCUT2D eigenvalue weighted by atomic mass is 16.5. The van der Waals surface area contributed by atoms with Crippen LogP contribution in [0.5, 0.6) is 6.01 Å². The van der Waals surface area contributed by atoms with Gasteiger partial charge in [-0.1, -0.05) is 43.0 Å². The Hall–Kier alpha value is -4.00. The Kier molecular flexibility index (Phi) is 7.04. The number of carbonyl (C=O) groups excluding carboxylic acids is 1. The van der Waals surface area contributed by atoms with Gasteiger partial charge in [0.05, 0.1) is 24.2 Å². The lowest BCUT2D eigenvalue weighted by atomic mass is 10.0. The number of rotatable bonds is 7. The first-order valence-corrected chi connectivity index (χ1v) is 15.1. The van der Waals surface area contributed by atoms with Crippen LogP contribution in [0.2, 0.25) is 0 Å². The summed E-state index contributed by atoms with van der Waals surface area (Å²) in [5.74, 6) is 0.744. The van der Waals surface area contributed by atoms with Crippen molar-refractivity contribution in [2.24, 2.45) is 0 Å². The van der Waals surface area contributed by atoms with Gasteiger partial charge in [-0.25, -0.2) is 0 Å². The molecule has 1 amide bonds. The maximum atomic E-state index is 12.6. The fourth-order valence-corrected chi connectivity index (χ4v) is 7.42. The number of anilines is 1. The molecule has 0 radical (unpaired) electrons. The Labute approximate surface area is 247 Å². The predicted octanol–water partition coefficient (Wildman–Crippen LogP) is 3.83. The Morgan fingerprint density at radius 2 is 2.00 bits per heavy atom. The minimum atomic E-state index is -0.226. The Balaban J connectivity index is 1.20. The summed E-state index contributed by atoms with van der Waals surface area (Å²) in [6.07, 6.45) is 4.88. The lowest BCUT2D eigenvalue weighted by Gasteiger charge is -2.41. The van der Waals surface area contributed by atoms with Gasteiger partial charge < -0.3 is 19.4 Å². The lowest BCUT2D eigenvalue weighted by Crippen LogP contribution is -2.55. The van der Waals surface area contributed by atoms with Gasteiger partial charge in [-0.3, -0.25) is 9.69 Å². The number of amides is 1. The molecular weight excluding hydrogens is 526 g/mol. The summed E-state index contributed by atoms with van der Waals surface area (Å²) < 4.78 is 6.29. The van der Waals surface area contributed by atoms with Gasteiger partial charge in [0.1, 0.15) is 12.4 Å². The van der Waals surface area contributed by atoms with Gasteiger partial charge in [0.2, 0.25) is 5.91 Å². The molecule has 0 N–H and O–H groups in total. The van der Waals surface area contributed by atoms with Crippen LogP contribution in [-0.4, -0.2) is 82.5 Å². The molecular formula is C33H37N7O2. The normalized spacial score (nSPS) is 23.8. The van der Waals surface area contributed by atoms with Crippen molar-refractivity contribution in [3.63, 3.8) is 0 Å². The van der Waals surface area contributed by atoms with Crippen molar-refractivity contribution in [2.45, 2.75) is 56.9 Å². The van der Waals surface area contributed by atoms with Gasteiger partial charge in [-0.05, 0) is 60.8 Å². The van der Waals surface area contributed by atoms with Gasteiger partial charge in [0.25, 0.3) is 0 Å². The van der Waals surface area contributed by atoms with Gasteiger partial charge >= 0.3 is 6.01 Å². The molecule has 0 bridgehead atoms. The first-order valence-electron chi connectivity index (χ1n) is 15.1. The fraction of sp³-hybridized carbons (Fsp3) is 0.455. The number of fused-ring (bicyclic) bond motifs is 1. The molecule has 0 spiro atoms. The van der Waals surface area contributed by atoms with E-state index in [1.165, 1.54) is 34.4 Å². The van der Waals surface area contributed by atoms with Crippen LogP contribution < -0.4 is 9.64 Å². The summed E-state index contributed by atoms with van der Waals surface area (Å²) in [4.78, 5) is 31.4. The molecule has 1 aromatic heterocycles. The van der Waals surface area contributed by atoms with Crippen molar-refractivity contribution in [3.8, 4) is 12.1 Å². The van der Waals surface area contributed by atoms with Crippen molar-refractivity contribution >= 4 is 22.5 Å². The van der Waals surface area contributed by atoms with E-state index in [1.54, 1.807) is 4.90 Å². The molecule has 216 valence electrons. The second-order valence-electron chi connectivity index (χ2n) is 12.0. The molecule has 2 aromatic carbocycles. The molecule has 2 saturated heterocycles. The Bertz CT molecular complexity index is 1580. The number of hydrogen-bond donors (Lipinski definition) is 0. The zero-order valence-corrected chi connectivity index (χ0v) is 24.2. The second kappa shape index (κ2) is 11.0. The molecule has 4 aliphatic rings. The van der Waals surface area contributed by atoms with E-state index in [0.29, 0.717) is 38.3 Å². The largest absolute Gasteiger partial charge is 0.462 e. The van der Waals surface area contributed by atoms with Crippen LogP contribution in [-0.2, 0) is 24.3 Å². The van der Waals surface area contributed by atoms with E-state index in [4.69, 9.17) is 14.7 Å². The lowest BCUT2D eigenvalue weighted by molar-refractivity contribution is -0.128. The summed E-state index contributed by atoms with van der Waals surface area (Å²) >= 11 is 0. The number of nitrogens with zero attached hydrogens (tertiary/aromatic N) is 7. The Morgan fingerprint density at radius 1 is 1.14 bits per heavy atom. The molecule has 0 saturated carbocycles. The van der Waals surface area contributed by atoms with E-state index in [9.17, 15) is 10.1 Å². The molecule has 3 aromatic rings. The number of benzene rings is 2. The molecule has 9 heteroatoms. The average Bonchev–Trinajstić information content (AvgIpc) is 3.73. The highest BCUT2D eigenvalue weighted by molar-refractivity contribution is 5.91. The Morgan fingerprint density at radius 3 is 2.79 bits per heavy atom. The zero-order valence-electron chi connectivity index (χ0n) is 24.2. The standard InChI is InChI=1S/C33H37N7O2/c1-3-30(41)40-16-15-38(18-24(40)12-13-34)32-27-19-39(29-17-23-9-4-7-22-8-5-11-26(29)31(22)23)20-28(27)35-33(36-32)42-21-25-10-6-14-37(25)2/h3-5,7-9,11,24-25,29H,1,6,10,12,14-21H2,2H3/t24?,25?,29-/m0/s1. The smallest absolute Gasteiger partial charge is 0.318 e. The number of likely N-dealkylation sites (N-methyl/N-ethyl adjacent to an activating group) is 1. The summed E-state index contributed by atoms with van der Waals surface area (Å²) in [6, 6.07) is 16.4. The third-order valence-corrected chi connectivity index (χ3v) is 9.64. The number of likely N-dealkylation sites (tertiary alicyclic amines) is 1. The van der Waals surface area contributed by atoms with Crippen molar-refractivity contribution in [1.82, 2.24) is 24.7 Å². The van der Waals surface area contributed by atoms with Crippen LogP contribution in [0, 0.1) is 11.3 Å². The third-order valence-electron chi connectivity index (χ3n) is 9.64. The highest BCUT2D eigenvalue weighted by Gasteiger charge is 2.38. The SMILES string of the molecule is C=CC(=O)N1CCN(c2nc(OCC3CCCN3C)nc3c2CN([C@H]2Cc4cccc5cccc2c45)C3)CC1CC#N. The summed E-state index contributed by atoms with van der Waals surface area (Å²) in [5, 5.41) is 12.2. The van der Waals surface area contributed by atoms with E-state index in [1.807, 2.05) is 0 Å². The monoisotopic (exact) mass is 563 g/mol. The molecule has 1 aliphatic carbocycles. The molecule has 4 heterocycles. The summed E-state index contributed by atoms with van der Waals surface area (Å²) in [6.45, 7) is 8.48. The molecule has 42 heavy (non-hydrogen) atoms. The molecule has 7 rings (SSSR count). The van der Waals surface area contributed by atoms with Crippen molar-refractivity contribution in [3.05, 3.63) is 71.4 Å². The van der Waals surface area contributed by atoms with Crippen molar-refractivity contribution < 1.29 is 9.53 Å². The van der Waals surface area contributed by atoms with Crippen LogP contribution >= 0.6 is 0 Å². The van der Waals surface area contributed by atoms with E-state index in [2.05, 4.69) is 70.8 Å². The van der Waals surface area contributed by atoms with E-state index in [0.717, 1.165) is 49.6 Å². The van der Waals surface area contributed by atoms with Crippen LogP contribution in [0.3, 0.4) is 0 Å². The maximum Gasteiger partial charge on any atom is 0.318 e. The number of nitriles is 1. The fourth-order valence-electron chi connectivity index (χ4n) is 7.42. The second-order valence-corrected chi connectivity index (χ2v) is 12.0. The van der Waals surface area contributed by atoms with Crippen LogP contribution in [0.4, 0.5) is 5.82 Å². The average molecular weight is 564 g/mol. The number of piperazine rings is 1. The first kappa shape index (κ1) is 26.9. The van der Waals surface area contributed by atoms with Gasteiger partial charge in [-0.15, -0.1) is 0 Å². The molecule has 2 fully saturated rings. The minimum Gasteiger partial charge on any atom is -0.462 e. The van der Waals surface area contributed by atoms with E-state index < -0.39 is 0 Å². The maximum absolute atomic E-state index is 12.6. The highest BCUT2D eigenvalue weighted by Crippen LogP contribution is 2.44. The van der Waals surface area contributed by atoms with E-state index in [-0.39, 0.29) is 24.4 Å². The topological polar surface area (TPSA) is 88.8 Å². The summed E-state index contributed by atoms with van der Waals surface area (Å²) in [5.41, 5.74) is 4.93. The van der Waals surface area contributed by atoms with Gasteiger partial charge in [-0.2, -0.15) is 15.2 Å². The number of ether oxygens (including phenoxy) is 1. The van der Waals surface area contributed by atoms with Crippen molar-refractivity contribution in [2.75, 3.05) is 44.7 Å². The minimum absolute atomic E-state index is 0.131. The van der Waals surface area contributed by atoms with Gasteiger partial charge in [0.15, 0.2) is 0 Å².